The van der Waals surface area contributed by atoms with Crippen LogP contribution in [-0.4, -0.2) is 41.7 Å². The molecule has 1 atom stereocenters. The van der Waals surface area contributed by atoms with E-state index in [0.717, 1.165) is 11.9 Å². The third-order valence-electron chi connectivity index (χ3n) is 2.27. The minimum absolute atomic E-state index is 0.0475. The maximum Gasteiger partial charge on any atom is 0.223 e. The Bertz CT molecular complexity index is 233. The molecule has 1 heterocycles. The second-order valence-corrected chi connectivity index (χ2v) is 4.19. The Labute approximate surface area is 92.2 Å². The SMILES string of the molecule is CC(=O)NCCN1CC(CBr)CC1=O. The predicted octanol–water partition coefficient (Wildman–Crippen LogP) is 0.366. The average molecular weight is 263 g/mol. The Kier molecular flexibility index (Phi) is 4.38. The zero-order valence-corrected chi connectivity index (χ0v) is 9.84. The van der Waals surface area contributed by atoms with E-state index in [2.05, 4.69) is 21.2 Å². The minimum Gasteiger partial charge on any atom is -0.355 e. The zero-order chi connectivity index (χ0) is 10.6. The Balaban J connectivity index is 2.25. The molecule has 4 nitrogen and oxygen atoms in total. The quantitative estimate of drug-likeness (QED) is 0.745. The number of carbonyl (C=O) groups excluding carboxylic acids is 2. The van der Waals surface area contributed by atoms with Crippen LogP contribution in [0.25, 0.3) is 0 Å². The van der Waals surface area contributed by atoms with Crippen molar-refractivity contribution in [3.05, 3.63) is 0 Å². The van der Waals surface area contributed by atoms with Crippen molar-refractivity contribution in [1.29, 1.82) is 0 Å². The summed E-state index contributed by atoms with van der Waals surface area (Å²) in [5.41, 5.74) is 0. The number of hydrogen-bond donors (Lipinski definition) is 1. The lowest BCUT2D eigenvalue weighted by molar-refractivity contribution is -0.128. The largest absolute Gasteiger partial charge is 0.355 e. The van der Waals surface area contributed by atoms with E-state index >= 15 is 0 Å². The number of carbonyl (C=O) groups is 2. The van der Waals surface area contributed by atoms with E-state index in [1.807, 2.05) is 4.90 Å². The molecule has 0 saturated carbocycles. The van der Waals surface area contributed by atoms with Gasteiger partial charge in [0.2, 0.25) is 11.8 Å². The van der Waals surface area contributed by atoms with Crippen molar-refractivity contribution in [2.24, 2.45) is 5.92 Å². The first-order valence-corrected chi connectivity index (χ1v) is 5.83. The standard InChI is InChI=1S/C9H15BrN2O2/c1-7(13)11-2-3-12-6-8(5-10)4-9(12)14/h8H,2-6H2,1H3,(H,11,13). The van der Waals surface area contributed by atoms with Gasteiger partial charge < -0.3 is 10.2 Å². The molecule has 0 bridgehead atoms. The van der Waals surface area contributed by atoms with Crippen LogP contribution in [0.1, 0.15) is 13.3 Å². The molecule has 0 aromatic heterocycles. The lowest BCUT2D eigenvalue weighted by atomic mass is 10.2. The second kappa shape index (κ2) is 5.34. The number of nitrogens with one attached hydrogen (secondary N) is 1. The van der Waals surface area contributed by atoms with Crippen molar-refractivity contribution in [3.8, 4) is 0 Å². The average Bonchev–Trinajstić information content (AvgIpc) is 2.47. The van der Waals surface area contributed by atoms with Crippen LogP contribution in [0.5, 0.6) is 0 Å². The number of rotatable bonds is 4. The summed E-state index contributed by atoms with van der Waals surface area (Å²) >= 11 is 3.37. The van der Waals surface area contributed by atoms with Crippen LogP contribution in [0, 0.1) is 5.92 Å². The van der Waals surface area contributed by atoms with E-state index in [0.29, 0.717) is 25.4 Å². The number of amides is 2. The van der Waals surface area contributed by atoms with Gasteiger partial charge in [-0.3, -0.25) is 9.59 Å². The molecule has 14 heavy (non-hydrogen) atoms. The molecular weight excluding hydrogens is 248 g/mol. The van der Waals surface area contributed by atoms with Crippen LogP contribution in [0.4, 0.5) is 0 Å². The molecule has 0 aliphatic carbocycles. The number of halogens is 1. The molecule has 0 radical (unpaired) electrons. The van der Waals surface area contributed by atoms with Crippen LogP contribution in [0.3, 0.4) is 0 Å². The summed E-state index contributed by atoms with van der Waals surface area (Å²) in [6, 6.07) is 0. The fourth-order valence-electron chi connectivity index (χ4n) is 1.54. The van der Waals surface area contributed by atoms with Crippen LogP contribution in [-0.2, 0) is 9.59 Å². The van der Waals surface area contributed by atoms with Gasteiger partial charge in [-0.15, -0.1) is 0 Å². The van der Waals surface area contributed by atoms with Crippen molar-refractivity contribution in [3.63, 3.8) is 0 Å². The van der Waals surface area contributed by atoms with Crippen molar-refractivity contribution in [2.75, 3.05) is 25.0 Å². The van der Waals surface area contributed by atoms with E-state index in [1.165, 1.54) is 6.92 Å². The highest BCUT2D eigenvalue weighted by Crippen LogP contribution is 2.18. The first-order valence-electron chi connectivity index (χ1n) is 4.71. The summed E-state index contributed by atoms with van der Waals surface area (Å²) in [5.74, 6) is 0.577. The zero-order valence-electron chi connectivity index (χ0n) is 8.25. The van der Waals surface area contributed by atoms with Gasteiger partial charge in [0.15, 0.2) is 0 Å². The number of hydrogen-bond acceptors (Lipinski definition) is 2. The highest BCUT2D eigenvalue weighted by molar-refractivity contribution is 9.09. The van der Waals surface area contributed by atoms with Gasteiger partial charge in [-0.2, -0.15) is 0 Å². The summed E-state index contributed by atoms with van der Waals surface area (Å²) in [6.07, 6.45) is 0.630. The highest BCUT2D eigenvalue weighted by Gasteiger charge is 2.27. The monoisotopic (exact) mass is 262 g/mol. The van der Waals surface area contributed by atoms with Gasteiger partial charge in [0, 0.05) is 38.3 Å². The van der Waals surface area contributed by atoms with Gasteiger partial charge in [-0.1, -0.05) is 15.9 Å². The first kappa shape index (κ1) is 11.5. The molecule has 1 aliphatic heterocycles. The smallest absolute Gasteiger partial charge is 0.223 e. The van der Waals surface area contributed by atoms with E-state index < -0.39 is 0 Å². The minimum atomic E-state index is -0.0475. The van der Waals surface area contributed by atoms with Crippen LogP contribution in [0.2, 0.25) is 0 Å². The van der Waals surface area contributed by atoms with Crippen molar-refractivity contribution < 1.29 is 9.59 Å². The van der Waals surface area contributed by atoms with Crippen molar-refractivity contribution >= 4 is 27.7 Å². The topological polar surface area (TPSA) is 49.4 Å². The summed E-state index contributed by atoms with van der Waals surface area (Å²) in [4.78, 5) is 23.8. The lowest BCUT2D eigenvalue weighted by Crippen LogP contribution is -2.34. The molecule has 0 aromatic rings. The second-order valence-electron chi connectivity index (χ2n) is 3.55. The molecule has 80 valence electrons. The van der Waals surface area contributed by atoms with E-state index in [9.17, 15) is 9.59 Å². The van der Waals surface area contributed by atoms with Crippen molar-refractivity contribution in [2.45, 2.75) is 13.3 Å². The summed E-state index contributed by atoms with van der Waals surface area (Å²) in [5, 5.41) is 3.55. The lowest BCUT2D eigenvalue weighted by Gasteiger charge is -2.15. The molecule has 0 spiro atoms. The summed E-state index contributed by atoms with van der Waals surface area (Å²) in [6.45, 7) is 3.47. The van der Waals surface area contributed by atoms with E-state index in [-0.39, 0.29) is 11.8 Å². The predicted molar refractivity (Wildman–Crippen MR) is 57.2 cm³/mol. The third kappa shape index (κ3) is 3.29. The number of alkyl halides is 1. The molecule has 1 rings (SSSR count). The fourth-order valence-corrected chi connectivity index (χ4v) is 1.97. The Morgan fingerprint density at radius 3 is 2.93 bits per heavy atom. The Morgan fingerprint density at radius 1 is 1.71 bits per heavy atom. The molecular formula is C9H15BrN2O2. The Morgan fingerprint density at radius 2 is 2.43 bits per heavy atom. The normalized spacial score (nSPS) is 21.4. The number of nitrogens with zero attached hydrogens (tertiary/aromatic N) is 1. The van der Waals surface area contributed by atoms with E-state index in [1.54, 1.807) is 0 Å². The molecule has 2 amide bonds. The molecule has 1 aliphatic rings. The van der Waals surface area contributed by atoms with Gasteiger partial charge in [0.05, 0.1) is 0 Å². The highest BCUT2D eigenvalue weighted by atomic mass is 79.9. The molecule has 1 saturated heterocycles. The van der Waals surface area contributed by atoms with Crippen LogP contribution < -0.4 is 5.32 Å². The summed E-state index contributed by atoms with van der Waals surface area (Å²) in [7, 11) is 0. The first-order chi connectivity index (χ1) is 6.63. The molecule has 5 heteroatoms. The van der Waals surface area contributed by atoms with Crippen LogP contribution >= 0.6 is 15.9 Å². The van der Waals surface area contributed by atoms with E-state index in [4.69, 9.17) is 0 Å². The fraction of sp³-hybridized carbons (Fsp3) is 0.778. The number of likely N-dealkylation sites (tertiary alicyclic amines) is 1. The van der Waals surface area contributed by atoms with Crippen molar-refractivity contribution in [1.82, 2.24) is 10.2 Å². The maximum atomic E-state index is 11.4. The van der Waals surface area contributed by atoms with Gasteiger partial charge >= 0.3 is 0 Å². The molecule has 0 aromatic carbocycles. The third-order valence-corrected chi connectivity index (χ3v) is 3.18. The Hall–Kier alpha value is -0.580. The summed E-state index contributed by atoms with van der Waals surface area (Å²) < 4.78 is 0. The molecule has 1 fully saturated rings. The molecule has 1 N–H and O–H groups in total. The van der Waals surface area contributed by atoms with Gasteiger partial charge in [0.1, 0.15) is 0 Å². The maximum absolute atomic E-state index is 11.4. The van der Waals surface area contributed by atoms with Gasteiger partial charge in [-0.05, 0) is 5.92 Å². The molecule has 1 unspecified atom stereocenters. The van der Waals surface area contributed by atoms with Gasteiger partial charge in [0.25, 0.3) is 0 Å². The van der Waals surface area contributed by atoms with Crippen LogP contribution in [0.15, 0.2) is 0 Å². The van der Waals surface area contributed by atoms with Gasteiger partial charge in [-0.25, -0.2) is 0 Å².